The maximum atomic E-state index is 12.5. The van der Waals surface area contributed by atoms with Gasteiger partial charge in [0.25, 0.3) is 0 Å². The van der Waals surface area contributed by atoms with Crippen molar-refractivity contribution >= 4 is 62.8 Å². The molecule has 248 valence electrons. The number of benzene rings is 2. The third-order valence-electron chi connectivity index (χ3n) is 7.05. The lowest BCUT2D eigenvalue weighted by atomic mass is 9.62. The van der Waals surface area contributed by atoms with Gasteiger partial charge in [-0.05, 0) is 39.8 Å². The third kappa shape index (κ3) is 7.78. The fourth-order valence-corrected chi connectivity index (χ4v) is 7.17. The van der Waals surface area contributed by atoms with Gasteiger partial charge in [-0.25, -0.2) is 33.7 Å². The first-order chi connectivity index (χ1) is 20.2. The van der Waals surface area contributed by atoms with Gasteiger partial charge in [0.2, 0.25) is 40.1 Å². The normalized spacial score (nSPS) is 20.9. The molecule has 0 bridgehead atoms. The molecule has 1 aliphatic carbocycles. The van der Waals surface area contributed by atoms with Gasteiger partial charge in [0, 0.05) is 35.1 Å². The SMILES string of the molecule is CCS(=O)(=O)Nc1cc(O)c(C2C(O)C(c3c(O)cc(NS(=O)(=O)CC)cc3NS(=O)(=O)CC)C2O)c(NS(=O)(=O)CC)c1. The summed E-state index contributed by atoms with van der Waals surface area (Å²) in [5.74, 6) is -5.70. The molecule has 2 aromatic rings. The maximum Gasteiger partial charge on any atom is 0.232 e. The summed E-state index contributed by atoms with van der Waals surface area (Å²) in [4.78, 5) is 0. The van der Waals surface area contributed by atoms with Crippen molar-refractivity contribution < 1.29 is 54.1 Å². The van der Waals surface area contributed by atoms with Gasteiger partial charge in [0.1, 0.15) is 11.5 Å². The second-order valence-electron chi connectivity index (χ2n) is 9.97. The van der Waals surface area contributed by atoms with E-state index < -0.39 is 87.1 Å². The zero-order chi connectivity index (χ0) is 33.4. The van der Waals surface area contributed by atoms with E-state index in [9.17, 15) is 54.1 Å². The molecule has 0 amide bonds. The quantitative estimate of drug-likeness (QED) is 0.136. The number of phenolic OH excluding ortho intramolecular Hbond substituents is 2. The third-order valence-corrected chi connectivity index (χ3v) is 12.2. The summed E-state index contributed by atoms with van der Waals surface area (Å²) in [5.41, 5.74) is -1.69. The van der Waals surface area contributed by atoms with Crippen LogP contribution in [0.2, 0.25) is 0 Å². The Bertz CT molecular complexity index is 1700. The molecule has 0 spiro atoms. The highest BCUT2D eigenvalue weighted by Crippen LogP contribution is 2.56. The predicted molar refractivity (Wildman–Crippen MR) is 166 cm³/mol. The van der Waals surface area contributed by atoms with Gasteiger partial charge >= 0.3 is 0 Å². The lowest BCUT2D eigenvalue weighted by molar-refractivity contribution is -0.0792. The Labute approximate surface area is 256 Å². The average Bonchev–Trinajstić information content (AvgIpc) is 2.91. The lowest BCUT2D eigenvalue weighted by Gasteiger charge is -2.48. The number of anilines is 4. The Balaban J connectivity index is 2.15. The van der Waals surface area contributed by atoms with Crippen LogP contribution in [0.3, 0.4) is 0 Å². The Hall–Kier alpha value is -3.04. The zero-order valence-electron chi connectivity index (χ0n) is 24.1. The summed E-state index contributed by atoms with van der Waals surface area (Å²) in [6, 6.07) is 4.06. The molecule has 1 aliphatic rings. The van der Waals surface area contributed by atoms with Crippen LogP contribution in [0.1, 0.15) is 50.7 Å². The number of aromatic hydroxyl groups is 2. The maximum absolute atomic E-state index is 12.5. The Morgan fingerprint density at radius 3 is 1.07 bits per heavy atom. The molecule has 44 heavy (non-hydrogen) atoms. The van der Waals surface area contributed by atoms with Crippen molar-refractivity contribution in [1.82, 2.24) is 0 Å². The van der Waals surface area contributed by atoms with Gasteiger partial charge in [0.05, 0.1) is 58.0 Å². The smallest absolute Gasteiger partial charge is 0.232 e. The van der Waals surface area contributed by atoms with Gasteiger partial charge in [-0.2, -0.15) is 0 Å². The number of hydrogen-bond donors (Lipinski definition) is 8. The number of aliphatic hydroxyl groups is 2. The summed E-state index contributed by atoms with van der Waals surface area (Å²) >= 11 is 0. The fraction of sp³-hybridized carbons (Fsp3) is 0.500. The van der Waals surface area contributed by atoms with E-state index in [2.05, 4.69) is 18.9 Å². The van der Waals surface area contributed by atoms with Crippen molar-refractivity contribution in [3.63, 3.8) is 0 Å². The Morgan fingerprint density at radius 1 is 0.523 bits per heavy atom. The van der Waals surface area contributed by atoms with E-state index in [1.807, 2.05) is 0 Å². The molecular weight excluding hydrogens is 665 g/mol. The van der Waals surface area contributed by atoms with Gasteiger partial charge in [-0.15, -0.1) is 0 Å². The lowest BCUT2D eigenvalue weighted by Crippen LogP contribution is -2.52. The average molecular weight is 701 g/mol. The van der Waals surface area contributed by atoms with Gasteiger partial charge in [0.15, 0.2) is 0 Å². The van der Waals surface area contributed by atoms with Crippen molar-refractivity contribution in [2.45, 2.75) is 51.7 Å². The number of sulfonamides is 4. The summed E-state index contributed by atoms with van der Waals surface area (Å²) in [6.07, 6.45) is -3.35. The molecule has 20 heteroatoms. The molecule has 0 atom stereocenters. The molecule has 0 radical (unpaired) electrons. The predicted octanol–water partition coefficient (Wildman–Crippen LogP) is 0.747. The van der Waals surface area contributed by atoms with Crippen LogP contribution in [0.25, 0.3) is 0 Å². The molecule has 1 fully saturated rings. The minimum absolute atomic E-state index is 0.208. The highest BCUT2D eigenvalue weighted by Gasteiger charge is 2.54. The molecule has 0 saturated heterocycles. The summed E-state index contributed by atoms with van der Waals surface area (Å²) < 4.78 is 107. The van der Waals surface area contributed by atoms with Gasteiger partial charge in [-0.1, -0.05) is 0 Å². The summed E-state index contributed by atoms with van der Waals surface area (Å²) in [5, 5.41) is 44.4. The van der Waals surface area contributed by atoms with Crippen LogP contribution in [-0.2, 0) is 40.1 Å². The van der Waals surface area contributed by atoms with E-state index in [0.717, 1.165) is 24.3 Å². The molecule has 0 aliphatic heterocycles. The topological polar surface area (TPSA) is 266 Å². The van der Waals surface area contributed by atoms with Gasteiger partial charge < -0.3 is 20.4 Å². The van der Waals surface area contributed by atoms with E-state index in [4.69, 9.17) is 0 Å². The first kappa shape index (κ1) is 35.4. The van der Waals surface area contributed by atoms with Crippen molar-refractivity contribution in [3.8, 4) is 11.5 Å². The zero-order valence-corrected chi connectivity index (χ0v) is 27.4. The minimum atomic E-state index is -4.03. The summed E-state index contributed by atoms with van der Waals surface area (Å²) in [6.45, 7) is 5.35. The largest absolute Gasteiger partial charge is 0.507 e. The van der Waals surface area contributed by atoms with Crippen LogP contribution < -0.4 is 18.9 Å². The second-order valence-corrected chi connectivity index (χ2v) is 18.0. The highest BCUT2D eigenvalue weighted by molar-refractivity contribution is 7.93. The van der Waals surface area contributed by atoms with Crippen LogP contribution in [0.15, 0.2) is 24.3 Å². The standard InChI is InChI=1S/C24H36N4O12S4/c1-5-41(33,34)25-13-9-15(27-43(37,38)7-3)19(17(29)11-13)21-23(31)22(24(21)32)20-16(28-44(39,40)8-4)10-14(12-18(20)30)26-42(35,36)6-2/h9-12,21-32H,5-8H2,1-4H3. The van der Waals surface area contributed by atoms with E-state index in [1.165, 1.54) is 27.7 Å². The van der Waals surface area contributed by atoms with Crippen molar-refractivity contribution in [3.05, 3.63) is 35.4 Å². The monoisotopic (exact) mass is 700 g/mol. The van der Waals surface area contributed by atoms with Crippen LogP contribution in [0, 0.1) is 0 Å². The highest BCUT2D eigenvalue weighted by atomic mass is 32.2. The van der Waals surface area contributed by atoms with Crippen LogP contribution in [0.5, 0.6) is 11.5 Å². The van der Waals surface area contributed by atoms with E-state index in [1.54, 1.807) is 0 Å². The summed E-state index contributed by atoms with van der Waals surface area (Å²) in [7, 11) is -15.8. The molecular formula is C24H36N4O12S4. The first-order valence-electron chi connectivity index (χ1n) is 13.3. The number of phenols is 2. The second kappa shape index (κ2) is 12.8. The molecule has 3 rings (SSSR count). The molecule has 16 nitrogen and oxygen atoms in total. The minimum Gasteiger partial charge on any atom is -0.507 e. The Kier molecular flexibility index (Phi) is 10.3. The Morgan fingerprint density at radius 2 is 0.795 bits per heavy atom. The van der Waals surface area contributed by atoms with E-state index in [0.29, 0.717) is 0 Å². The molecule has 2 aromatic carbocycles. The number of hydrogen-bond acceptors (Lipinski definition) is 12. The van der Waals surface area contributed by atoms with Crippen molar-refractivity contribution in [1.29, 1.82) is 0 Å². The van der Waals surface area contributed by atoms with Crippen LogP contribution >= 0.6 is 0 Å². The fourth-order valence-electron chi connectivity index (χ4n) is 4.63. The number of rotatable bonds is 14. The van der Waals surface area contributed by atoms with Crippen molar-refractivity contribution in [2.75, 3.05) is 41.9 Å². The van der Waals surface area contributed by atoms with Crippen molar-refractivity contribution in [2.24, 2.45) is 0 Å². The van der Waals surface area contributed by atoms with E-state index >= 15 is 0 Å². The van der Waals surface area contributed by atoms with Crippen LogP contribution in [-0.4, -0.2) is 89.3 Å². The molecule has 1 saturated carbocycles. The molecule has 8 N–H and O–H groups in total. The first-order valence-corrected chi connectivity index (χ1v) is 19.9. The molecule has 0 unspecified atom stereocenters. The van der Waals surface area contributed by atoms with E-state index in [-0.39, 0.29) is 45.4 Å². The van der Waals surface area contributed by atoms with Gasteiger partial charge in [-0.3, -0.25) is 18.9 Å². The number of nitrogens with one attached hydrogen (secondary N) is 4. The van der Waals surface area contributed by atoms with Crippen LogP contribution in [0.4, 0.5) is 22.7 Å². The number of aliphatic hydroxyl groups excluding tert-OH is 2. The molecule has 0 aromatic heterocycles. The molecule has 0 heterocycles.